The van der Waals surface area contributed by atoms with E-state index < -0.39 is 11.7 Å². The van der Waals surface area contributed by atoms with E-state index >= 15 is 0 Å². The van der Waals surface area contributed by atoms with E-state index in [1.807, 2.05) is 0 Å². The van der Waals surface area contributed by atoms with Crippen LogP contribution in [0.2, 0.25) is 0 Å². The summed E-state index contributed by atoms with van der Waals surface area (Å²) in [7, 11) is 1.48. The Bertz CT molecular complexity index is 982. The third kappa shape index (κ3) is 5.00. The second-order valence-corrected chi connectivity index (χ2v) is 9.80. The Labute approximate surface area is 197 Å². The van der Waals surface area contributed by atoms with Crippen molar-refractivity contribution in [2.24, 2.45) is 17.8 Å². The lowest BCUT2D eigenvalue weighted by atomic mass is 10.00. The second kappa shape index (κ2) is 9.70. The first kappa shape index (κ1) is 23.4. The van der Waals surface area contributed by atoms with Gasteiger partial charge < -0.3 is 19.7 Å². The Balaban J connectivity index is 1.26. The fourth-order valence-corrected chi connectivity index (χ4v) is 5.85. The van der Waals surface area contributed by atoms with E-state index in [1.165, 1.54) is 7.11 Å². The molecule has 1 N–H and O–H groups in total. The van der Waals surface area contributed by atoms with Crippen LogP contribution in [0, 0.1) is 17.8 Å². The Morgan fingerprint density at radius 3 is 2.47 bits per heavy atom. The van der Waals surface area contributed by atoms with Gasteiger partial charge in [0.1, 0.15) is 11.3 Å². The maximum Gasteiger partial charge on any atom is 0.420 e. The van der Waals surface area contributed by atoms with Gasteiger partial charge in [0.15, 0.2) is 5.82 Å². The number of benzene rings is 1. The fraction of sp³-hybridized carbons (Fsp3) is 0.600. The van der Waals surface area contributed by atoms with Gasteiger partial charge in [-0.3, -0.25) is 0 Å². The van der Waals surface area contributed by atoms with Crippen LogP contribution in [-0.4, -0.2) is 61.1 Å². The normalized spacial score (nSPS) is 25.9. The van der Waals surface area contributed by atoms with Gasteiger partial charge >= 0.3 is 6.18 Å². The quantitative estimate of drug-likeness (QED) is 0.651. The maximum atomic E-state index is 14.0. The zero-order chi connectivity index (χ0) is 23.7. The lowest BCUT2D eigenvalue weighted by Gasteiger charge is -2.28. The van der Waals surface area contributed by atoms with Crippen LogP contribution < -0.4 is 10.1 Å². The first-order valence-electron chi connectivity index (χ1n) is 12.1. The van der Waals surface area contributed by atoms with E-state index in [2.05, 4.69) is 20.4 Å². The molecule has 0 bridgehead atoms. The van der Waals surface area contributed by atoms with Crippen LogP contribution >= 0.6 is 0 Å². The average molecular weight is 477 g/mol. The number of ether oxygens (including phenoxy) is 2. The topological polar surface area (TPSA) is 59.5 Å². The maximum absolute atomic E-state index is 14.0. The molecule has 3 aliphatic rings. The number of halogens is 3. The van der Waals surface area contributed by atoms with Crippen LogP contribution in [0.25, 0.3) is 11.3 Å². The number of hydrogen-bond donors (Lipinski definition) is 1. The molecule has 6 nitrogen and oxygen atoms in total. The molecule has 2 saturated heterocycles. The minimum atomic E-state index is -4.54. The van der Waals surface area contributed by atoms with Gasteiger partial charge in [0.05, 0.1) is 12.8 Å². The molecule has 0 spiro atoms. The first-order chi connectivity index (χ1) is 16.4. The molecule has 1 aromatic heterocycles. The van der Waals surface area contributed by atoms with Gasteiger partial charge in [-0.2, -0.15) is 13.2 Å². The molecule has 184 valence electrons. The molecule has 0 amide bonds. The van der Waals surface area contributed by atoms with Crippen LogP contribution in [0.1, 0.15) is 31.2 Å². The van der Waals surface area contributed by atoms with Crippen molar-refractivity contribution in [2.45, 2.75) is 37.9 Å². The number of para-hydroxylation sites is 1. The van der Waals surface area contributed by atoms with Crippen molar-refractivity contribution in [3.63, 3.8) is 0 Å². The summed E-state index contributed by atoms with van der Waals surface area (Å²) in [6, 6.07) is 7.92. The molecule has 3 fully saturated rings. The molecule has 3 heterocycles. The summed E-state index contributed by atoms with van der Waals surface area (Å²) in [5.74, 6) is 2.02. The minimum Gasteiger partial charge on any atom is -0.496 e. The molecule has 9 heteroatoms. The molecule has 1 aliphatic carbocycles. The Morgan fingerprint density at radius 2 is 1.79 bits per heavy atom. The summed E-state index contributed by atoms with van der Waals surface area (Å²) in [5.41, 5.74) is -0.168. The Hall–Kier alpha value is -2.39. The summed E-state index contributed by atoms with van der Waals surface area (Å²) >= 11 is 0. The van der Waals surface area contributed by atoms with E-state index in [9.17, 15) is 13.2 Å². The van der Waals surface area contributed by atoms with Crippen molar-refractivity contribution in [1.82, 2.24) is 15.1 Å². The Morgan fingerprint density at radius 1 is 1.09 bits per heavy atom. The van der Waals surface area contributed by atoms with Crippen molar-refractivity contribution < 1.29 is 22.6 Å². The van der Waals surface area contributed by atoms with Crippen molar-refractivity contribution in [1.29, 1.82) is 0 Å². The highest BCUT2D eigenvalue weighted by Gasteiger charge is 2.43. The van der Waals surface area contributed by atoms with Gasteiger partial charge in [-0.1, -0.05) is 12.1 Å². The van der Waals surface area contributed by atoms with Crippen LogP contribution in [-0.2, 0) is 10.9 Å². The monoisotopic (exact) mass is 476 g/mol. The number of aromatic nitrogens is 2. The number of nitrogens with zero attached hydrogens (tertiary/aromatic N) is 3. The van der Waals surface area contributed by atoms with E-state index in [0.29, 0.717) is 29.1 Å². The SMILES string of the molecule is COc1ccccc1-c1cc(C(F)(F)F)c(NC2C[C@@H]3CN(CC4CCOCC4)C[C@@H]3C2)nn1. The van der Waals surface area contributed by atoms with Crippen molar-refractivity contribution in [3.8, 4) is 17.0 Å². The summed E-state index contributed by atoms with van der Waals surface area (Å²) in [6.45, 7) is 4.89. The number of methoxy groups -OCH3 is 1. The van der Waals surface area contributed by atoms with Gasteiger partial charge in [0.25, 0.3) is 0 Å². The lowest BCUT2D eigenvalue weighted by Crippen LogP contribution is -2.32. The summed E-state index contributed by atoms with van der Waals surface area (Å²) < 4.78 is 52.6. The van der Waals surface area contributed by atoms with Gasteiger partial charge in [-0.05, 0) is 61.6 Å². The summed E-state index contributed by atoms with van der Waals surface area (Å²) in [5, 5.41) is 11.2. The fourth-order valence-electron chi connectivity index (χ4n) is 5.85. The third-order valence-electron chi connectivity index (χ3n) is 7.51. The number of anilines is 1. The average Bonchev–Trinajstić information content (AvgIpc) is 3.37. The molecule has 1 unspecified atom stereocenters. The second-order valence-electron chi connectivity index (χ2n) is 9.80. The Kier molecular flexibility index (Phi) is 6.66. The van der Waals surface area contributed by atoms with Crippen LogP contribution in [0.15, 0.2) is 30.3 Å². The molecule has 3 atom stereocenters. The van der Waals surface area contributed by atoms with Gasteiger partial charge in [0.2, 0.25) is 0 Å². The molecular weight excluding hydrogens is 445 g/mol. The van der Waals surface area contributed by atoms with Crippen molar-refractivity contribution in [3.05, 3.63) is 35.9 Å². The number of nitrogens with one attached hydrogen (secondary N) is 1. The molecule has 2 aromatic rings. The highest BCUT2D eigenvalue weighted by atomic mass is 19.4. The van der Waals surface area contributed by atoms with Crippen LogP contribution in [0.5, 0.6) is 5.75 Å². The van der Waals surface area contributed by atoms with Crippen molar-refractivity contribution >= 4 is 5.82 Å². The number of rotatable bonds is 6. The predicted octanol–water partition coefficient (Wildman–Crippen LogP) is 4.72. The van der Waals surface area contributed by atoms with E-state index in [0.717, 1.165) is 64.6 Å². The van der Waals surface area contributed by atoms with Gasteiger partial charge in [-0.25, -0.2) is 0 Å². The highest BCUT2D eigenvalue weighted by Crippen LogP contribution is 2.42. The van der Waals surface area contributed by atoms with E-state index in [-0.39, 0.29) is 17.6 Å². The number of fused-ring (bicyclic) bond motifs is 1. The van der Waals surface area contributed by atoms with E-state index in [1.54, 1.807) is 24.3 Å². The molecular formula is C25H31F3N4O2. The molecule has 2 aliphatic heterocycles. The third-order valence-corrected chi connectivity index (χ3v) is 7.51. The standard InChI is InChI=1S/C25H31F3N4O2/c1-33-23-5-3-2-4-20(23)22-12-21(25(26,27)28)24(31-30-22)29-19-10-17-14-32(15-18(17)11-19)13-16-6-8-34-9-7-16/h2-5,12,16-19H,6-11,13-15H2,1H3,(H,29,31)/t17-,18+,19?. The molecule has 1 aromatic carbocycles. The largest absolute Gasteiger partial charge is 0.496 e. The lowest BCUT2D eigenvalue weighted by molar-refractivity contribution is -0.137. The smallest absolute Gasteiger partial charge is 0.420 e. The molecule has 0 radical (unpaired) electrons. The van der Waals surface area contributed by atoms with Gasteiger partial charge in [0, 0.05) is 44.5 Å². The minimum absolute atomic E-state index is 0.0206. The predicted molar refractivity (Wildman–Crippen MR) is 123 cm³/mol. The number of alkyl halides is 3. The van der Waals surface area contributed by atoms with Crippen LogP contribution in [0.4, 0.5) is 19.0 Å². The van der Waals surface area contributed by atoms with Crippen molar-refractivity contribution in [2.75, 3.05) is 45.3 Å². The number of likely N-dealkylation sites (tertiary alicyclic amines) is 1. The molecule has 1 saturated carbocycles. The molecule has 34 heavy (non-hydrogen) atoms. The summed E-state index contributed by atoms with van der Waals surface area (Å²) in [4.78, 5) is 2.55. The first-order valence-corrected chi connectivity index (χ1v) is 12.1. The summed E-state index contributed by atoms with van der Waals surface area (Å²) in [6.07, 6.45) is -0.562. The zero-order valence-electron chi connectivity index (χ0n) is 19.4. The highest BCUT2D eigenvalue weighted by molar-refractivity contribution is 5.68. The van der Waals surface area contributed by atoms with E-state index in [4.69, 9.17) is 9.47 Å². The van der Waals surface area contributed by atoms with Crippen LogP contribution in [0.3, 0.4) is 0 Å². The van der Waals surface area contributed by atoms with Gasteiger partial charge in [-0.15, -0.1) is 10.2 Å². The zero-order valence-corrected chi connectivity index (χ0v) is 19.4. The number of hydrogen-bond acceptors (Lipinski definition) is 6. The molecule has 5 rings (SSSR count).